The highest BCUT2D eigenvalue weighted by Crippen LogP contribution is 2.39. The van der Waals surface area contributed by atoms with Crippen molar-refractivity contribution in [2.24, 2.45) is 0 Å². The third-order valence-corrected chi connectivity index (χ3v) is 4.92. The number of carbonyl (C=O) groups is 2. The molecule has 29 heavy (non-hydrogen) atoms. The predicted octanol–water partition coefficient (Wildman–Crippen LogP) is 1.86. The monoisotopic (exact) mass is 395 g/mol. The molecule has 0 aliphatic carbocycles. The zero-order valence-electron chi connectivity index (χ0n) is 17.1. The summed E-state index contributed by atoms with van der Waals surface area (Å²) in [4.78, 5) is 41.7. The van der Waals surface area contributed by atoms with Crippen molar-refractivity contribution in [2.45, 2.75) is 26.3 Å². The van der Waals surface area contributed by atoms with E-state index in [9.17, 15) is 14.7 Å². The van der Waals surface area contributed by atoms with Gasteiger partial charge in [0.05, 0.1) is 22.9 Å². The molecule has 1 amide bonds. The lowest BCUT2D eigenvalue weighted by Gasteiger charge is -2.25. The van der Waals surface area contributed by atoms with Gasteiger partial charge in [0.2, 0.25) is 0 Å². The maximum atomic E-state index is 12.9. The summed E-state index contributed by atoms with van der Waals surface area (Å²) < 4.78 is 0. The van der Waals surface area contributed by atoms with Gasteiger partial charge in [0.25, 0.3) is 11.7 Å². The van der Waals surface area contributed by atoms with Crippen LogP contribution in [0.3, 0.4) is 0 Å². The van der Waals surface area contributed by atoms with E-state index in [1.54, 1.807) is 38.4 Å². The Labute approximate surface area is 169 Å². The Morgan fingerprint density at radius 3 is 2.52 bits per heavy atom. The van der Waals surface area contributed by atoms with Gasteiger partial charge in [-0.15, -0.1) is 0 Å². The second kappa shape index (κ2) is 8.48. The molecule has 1 aliphatic rings. The summed E-state index contributed by atoms with van der Waals surface area (Å²) in [7, 11) is 3.91. The van der Waals surface area contributed by atoms with E-state index >= 15 is 0 Å². The SMILES string of the molecule is Cc1ncc(C(O)=C2C(=O)C(=O)N(CCCN(C)C)[C@@H]2c2ccncc2)c(C)n1. The summed E-state index contributed by atoms with van der Waals surface area (Å²) in [6.07, 6.45) is 5.40. The van der Waals surface area contributed by atoms with Crippen LogP contribution in [0.25, 0.3) is 5.76 Å². The van der Waals surface area contributed by atoms with Crippen LogP contribution in [-0.4, -0.2) is 68.7 Å². The van der Waals surface area contributed by atoms with Crippen LogP contribution >= 0.6 is 0 Å². The minimum Gasteiger partial charge on any atom is -0.507 e. The lowest BCUT2D eigenvalue weighted by Crippen LogP contribution is -2.32. The Morgan fingerprint density at radius 1 is 1.21 bits per heavy atom. The van der Waals surface area contributed by atoms with E-state index in [0.29, 0.717) is 30.0 Å². The van der Waals surface area contributed by atoms with Gasteiger partial charge in [0, 0.05) is 25.1 Å². The molecule has 0 saturated carbocycles. The zero-order valence-corrected chi connectivity index (χ0v) is 17.1. The number of likely N-dealkylation sites (tertiary alicyclic amines) is 1. The molecule has 2 aromatic heterocycles. The first-order valence-corrected chi connectivity index (χ1v) is 9.45. The lowest BCUT2D eigenvalue weighted by atomic mass is 9.96. The molecule has 0 radical (unpaired) electrons. The molecule has 1 atom stereocenters. The van der Waals surface area contributed by atoms with Crippen LogP contribution in [0.2, 0.25) is 0 Å². The Kier molecular flexibility index (Phi) is 6.03. The van der Waals surface area contributed by atoms with Gasteiger partial charge < -0.3 is 14.9 Å². The topological polar surface area (TPSA) is 99.5 Å². The fourth-order valence-electron chi connectivity index (χ4n) is 3.52. The highest BCUT2D eigenvalue weighted by molar-refractivity contribution is 6.46. The van der Waals surface area contributed by atoms with Crippen molar-refractivity contribution in [1.29, 1.82) is 0 Å². The summed E-state index contributed by atoms with van der Waals surface area (Å²) in [5.41, 5.74) is 1.67. The number of carbonyl (C=O) groups excluding carboxylic acids is 2. The third kappa shape index (κ3) is 4.17. The highest BCUT2D eigenvalue weighted by atomic mass is 16.3. The summed E-state index contributed by atoms with van der Waals surface area (Å²) in [5, 5.41) is 11.0. The first-order chi connectivity index (χ1) is 13.8. The summed E-state index contributed by atoms with van der Waals surface area (Å²) in [6.45, 7) is 4.66. The summed E-state index contributed by atoms with van der Waals surface area (Å²) in [5.74, 6) is -1.00. The molecule has 1 aliphatic heterocycles. The van der Waals surface area contributed by atoms with Crippen LogP contribution in [0.15, 0.2) is 36.3 Å². The van der Waals surface area contributed by atoms with Crippen LogP contribution in [0.1, 0.15) is 35.1 Å². The Hall–Kier alpha value is -3.13. The molecule has 1 saturated heterocycles. The maximum absolute atomic E-state index is 12.9. The van der Waals surface area contributed by atoms with Gasteiger partial charge in [-0.25, -0.2) is 9.97 Å². The van der Waals surface area contributed by atoms with E-state index in [0.717, 1.165) is 12.1 Å². The molecule has 8 nitrogen and oxygen atoms in total. The number of aryl methyl sites for hydroxylation is 2. The van der Waals surface area contributed by atoms with Crippen LogP contribution in [0.4, 0.5) is 0 Å². The lowest BCUT2D eigenvalue weighted by molar-refractivity contribution is -0.139. The molecule has 0 bridgehead atoms. The number of pyridine rings is 1. The number of amides is 1. The Balaban J connectivity index is 2.10. The number of hydrogen-bond donors (Lipinski definition) is 1. The number of ketones is 1. The van der Waals surface area contributed by atoms with Gasteiger partial charge in [-0.3, -0.25) is 14.6 Å². The van der Waals surface area contributed by atoms with Gasteiger partial charge in [-0.1, -0.05) is 0 Å². The first kappa shape index (κ1) is 20.6. The van der Waals surface area contributed by atoms with Crippen LogP contribution in [0.5, 0.6) is 0 Å². The van der Waals surface area contributed by atoms with E-state index in [-0.39, 0.29) is 11.3 Å². The van der Waals surface area contributed by atoms with Crippen molar-refractivity contribution < 1.29 is 14.7 Å². The molecule has 0 aromatic carbocycles. The van der Waals surface area contributed by atoms with Crippen molar-refractivity contribution in [3.8, 4) is 0 Å². The van der Waals surface area contributed by atoms with Crippen molar-refractivity contribution in [3.05, 3.63) is 58.9 Å². The normalized spacial score (nSPS) is 18.7. The largest absolute Gasteiger partial charge is 0.507 e. The van der Waals surface area contributed by atoms with Crippen molar-refractivity contribution in [3.63, 3.8) is 0 Å². The maximum Gasteiger partial charge on any atom is 0.295 e. The smallest absolute Gasteiger partial charge is 0.295 e. The zero-order chi connectivity index (χ0) is 21.1. The van der Waals surface area contributed by atoms with Crippen molar-refractivity contribution in [1.82, 2.24) is 24.8 Å². The van der Waals surface area contributed by atoms with Gasteiger partial charge in [0.1, 0.15) is 11.6 Å². The van der Waals surface area contributed by atoms with E-state index in [4.69, 9.17) is 0 Å². The van der Waals surface area contributed by atoms with Crippen molar-refractivity contribution >= 4 is 17.4 Å². The molecule has 1 fully saturated rings. The first-order valence-electron chi connectivity index (χ1n) is 9.45. The molecule has 152 valence electrons. The van der Waals surface area contributed by atoms with Crippen LogP contribution in [-0.2, 0) is 9.59 Å². The quantitative estimate of drug-likeness (QED) is 0.453. The van der Waals surface area contributed by atoms with Crippen molar-refractivity contribution in [2.75, 3.05) is 27.2 Å². The molecule has 3 rings (SSSR count). The Bertz CT molecular complexity index is 956. The molecule has 0 unspecified atom stereocenters. The number of hydrogen-bond acceptors (Lipinski definition) is 7. The number of aliphatic hydroxyl groups is 1. The molecular weight excluding hydrogens is 370 g/mol. The number of nitrogens with zero attached hydrogens (tertiary/aromatic N) is 5. The molecule has 8 heteroatoms. The second-order valence-electron chi connectivity index (χ2n) is 7.35. The fraction of sp³-hybridized carbons (Fsp3) is 0.381. The van der Waals surface area contributed by atoms with Crippen LogP contribution < -0.4 is 0 Å². The number of aliphatic hydroxyl groups excluding tert-OH is 1. The molecule has 2 aromatic rings. The van der Waals surface area contributed by atoms with Gasteiger partial charge in [-0.05, 0) is 58.6 Å². The number of Topliss-reactive ketones (excluding diaryl/α,β-unsaturated/α-hetero) is 1. The summed E-state index contributed by atoms with van der Waals surface area (Å²) >= 11 is 0. The minimum absolute atomic E-state index is 0.0570. The van der Waals surface area contributed by atoms with E-state index in [1.807, 2.05) is 19.0 Å². The summed E-state index contributed by atoms with van der Waals surface area (Å²) in [6, 6.07) is 2.82. The molecule has 1 N–H and O–H groups in total. The Morgan fingerprint density at radius 2 is 1.90 bits per heavy atom. The average Bonchev–Trinajstić information content (AvgIpc) is 2.93. The average molecular weight is 395 g/mol. The third-order valence-electron chi connectivity index (χ3n) is 4.92. The standard InChI is InChI=1S/C21H25N5O3/c1-13-16(12-23-14(2)24-13)19(27)17-18(15-6-8-22-9-7-15)26(21(29)20(17)28)11-5-10-25(3)4/h6-9,12,18,27H,5,10-11H2,1-4H3/t18-/m1/s1. The fourth-order valence-corrected chi connectivity index (χ4v) is 3.52. The molecule has 3 heterocycles. The number of rotatable bonds is 6. The van der Waals surface area contributed by atoms with Gasteiger partial charge >= 0.3 is 0 Å². The second-order valence-corrected chi connectivity index (χ2v) is 7.35. The van der Waals surface area contributed by atoms with Gasteiger partial charge in [0.15, 0.2) is 0 Å². The number of aromatic nitrogens is 3. The highest BCUT2D eigenvalue weighted by Gasteiger charge is 2.46. The minimum atomic E-state index is -0.700. The van der Waals surface area contributed by atoms with Crippen LogP contribution in [0, 0.1) is 13.8 Å². The van der Waals surface area contributed by atoms with Gasteiger partial charge in [-0.2, -0.15) is 0 Å². The van der Waals surface area contributed by atoms with E-state index in [2.05, 4.69) is 15.0 Å². The molecule has 0 spiro atoms. The predicted molar refractivity (Wildman–Crippen MR) is 108 cm³/mol. The van der Waals surface area contributed by atoms with E-state index in [1.165, 1.54) is 11.1 Å². The van der Waals surface area contributed by atoms with E-state index < -0.39 is 17.7 Å². The molecular formula is C21H25N5O3.